The third kappa shape index (κ3) is 7.94. The van der Waals surface area contributed by atoms with Gasteiger partial charge in [-0.2, -0.15) is 0 Å². The average molecular weight is 369 g/mol. The zero-order valence-corrected chi connectivity index (χ0v) is 16.4. The Bertz CT molecular complexity index is 758. The Hall–Kier alpha value is -2.82. The number of aryl methyl sites for hydroxylation is 1. The molecule has 0 aliphatic carbocycles. The number of rotatable bonds is 7. The first kappa shape index (κ1) is 20.5. The summed E-state index contributed by atoms with van der Waals surface area (Å²) in [6.45, 7) is 7.09. The summed E-state index contributed by atoms with van der Waals surface area (Å²) >= 11 is 0. The van der Waals surface area contributed by atoms with Crippen LogP contribution in [-0.4, -0.2) is 17.5 Å². The minimum Gasteiger partial charge on any atom is -0.460 e. The van der Waals surface area contributed by atoms with Crippen molar-refractivity contribution in [1.29, 1.82) is 0 Å². The van der Waals surface area contributed by atoms with Crippen LogP contribution in [0.4, 0.5) is 5.69 Å². The second-order valence-corrected chi connectivity index (χ2v) is 7.39. The number of ether oxygens (including phenoxy) is 2. The molecule has 0 saturated heterocycles. The molecule has 1 N–H and O–H groups in total. The van der Waals surface area contributed by atoms with Crippen molar-refractivity contribution < 1.29 is 19.1 Å². The summed E-state index contributed by atoms with van der Waals surface area (Å²) in [5, 5.41) is 2.72. The van der Waals surface area contributed by atoms with E-state index in [0.717, 1.165) is 29.8 Å². The monoisotopic (exact) mass is 369 g/mol. The molecule has 2 aromatic carbocycles. The van der Waals surface area contributed by atoms with Crippen molar-refractivity contribution in [2.24, 2.45) is 0 Å². The van der Waals surface area contributed by atoms with Crippen LogP contribution in [0.1, 0.15) is 46.1 Å². The minimum absolute atomic E-state index is 0.106. The van der Waals surface area contributed by atoms with E-state index < -0.39 is 5.60 Å². The molecule has 0 unspecified atom stereocenters. The second-order valence-electron chi connectivity index (χ2n) is 7.39. The quantitative estimate of drug-likeness (QED) is 0.690. The van der Waals surface area contributed by atoms with Crippen molar-refractivity contribution in [2.45, 2.75) is 52.6 Å². The molecule has 0 radical (unpaired) electrons. The first-order chi connectivity index (χ1) is 12.7. The van der Waals surface area contributed by atoms with E-state index in [1.165, 1.54) is 6.92 Å². The Morgan fingerprint density at radius 3 is 2.00 bits per heavy atom. The highest BCUT2D eigenvalue weighted by Crippen LogP contribution is 2.24. The van der Waals surface area contributed by atoms with Gasteiger partial charge >= 0.3 is 5.97 Å². The lowest BCUT2D eigenvalue weighted by Gasteiger charge is -2.19. The van der Waals surface area contributed by atoms with Crippen LogP contribution < -0.4 is 10.1 Å². The summed E-state index contributed by atoms with van der Waals surface area (Å²) in [5.74, 6) is 1.16. The van der Waals surface area contributed by atoms with Crippen molar-refractivity contribution in [3.63, 3.8) is 0 Å². The van der Waals surface area contributed by atoms with Gasteiger partial charge in [-0.05, 0) is 75.6 Å². The fourth-order valence-electron chi connectivity index (χ4n) is 2.50. The van der Waals surface area contributed by atoms with E-state index in [9.17, 15) is 9.59 Å². The van der Waals surface area contributed by atoms with E-state index in [1.807, 2.05) is 45.0 Å². The summed E-state index contributed by atoms with van der Waals surface area (Å²) in [6, 6.07) is 15.0. The van der Waals surface area contributed by atoms with Gasteiger partial charge in [-0.1, -0.05) is 12.1 Å². The van der Waals surface area contributed by atoms with E-state index >= 15 is 0 Å². The summed E-state index contributed by atoms with van der Waals surface area (Å²) in [5.41, 5.74) is 1.44. The SMILES string of the molecule is CC(=O)Nc1ccc(Oc2ccc(CCCC(=O)OC(C)(C)C)cc2)cc1. The van der Waals surface area contributed by atoms with Gasteiger partial charge < -0.3 is 14.8 Å². The zero-order valence-electron chi connectivity index (χ0n) is 16.4. The molecule has 0 fully saturated rings. The standard InChI is InChI=1S/C22H27NO4/c1-16(24)23-18-10-14-20(15-11-18)26-19-12-8-17(9-13-19)6-5-7-21(25)27-22(2,3)4/h8-15H,5-7H2,1-4H3,(H,23,24). The Balaban J connectivity index is 1.81. The maximum atomic E-state index is 11.7. The highest BCUT2D eigenvalue weighted by atomic mass is 16.6. The molecule has 27 heavy (non-hydrogen) atoms. The van der Waals surface area contributed by atoms with Gasteiger partial charge in [-0.15, -0.1) is 0 Å². The van der Waals surface area contributed by atoms with Crippen molar-refractivity contribution in [2.75, 3.05) is 5.32 Å². The molecule has 5 heteroatoms. The van der Waals surface area contributed by atoms with E-state index in [0.29, 0.717) is 12.2 Å². The van der Waals surface area contributed by atoms with Crippen molar-refractivity contribution in [3.8, 4) is 11.5 Å². The number of amides is 1. The maximum absolute atomic E-state index is 11.7. The fourth-order valence-corrected chi connectivity index (χ4v) is 2.50. The number of hydrogen-bond donors (Lipinski definition) is 1. The van der Waals surface area contributed by atoms with Gasteiger partial charge in [0.15, 0.2) is 0 Å². The normalized spacial score (nSPS) is 11.0. The lowest BCUT2D eigenvalue weighted by molar-refractivity contribution is -0.154. The molecule has 0 atom stereocenters. The molecule has 0 saturated carbocycles. The van der Waals surface area contributed by atoms with Crippen LogP contribution in [0.3, 0.4) is 0 Å². The number of esters is 1. The molecule has 2 aromatic rings. The Morgan fingerprint density at radius 2 is 1.48 bits per heavy atom. The van der Waals surface area contributed by atoms with E-state index in [1.54, 1.807) is 24.3 Å². The van der Waals surface area contributed by atoms with Crippen LogP contribution >= 0.6 is 0 Å². The highest BCUT2D eigenvalue weighted by Gasteiger charge is 2.15. The summed E-state index contributed by atoms with van der Waals surface area (Å²) < 4.78 is 11.1. The predicted octanol–water partition coefficient (Wildman–Crippen LogP) is 5.10. The highest BCUT2D eigenvalue weighted by molar-refractivity contribution is 5.88. The van der Waals surface area contributed by atoms with E-state index in [2.05, 4.69) is 5.32 Å². The van der Waals surface area contributed by atoms with Gasteiger partial charge in [0.05, 0.1) is 0 Å². The predicted molar refractivity (Wildman–Crippen MR) is 106 cm³/mol. The Labute approximate surface area is 160 Å². The third-order valence-electron chi connectivity index (χ3n) is 3.60. The van der Waals surface area contributed by atoms with Crippen molar-refractivity contribution >= 4 is 17.6 Å². The summed E-state index contributed by atoms with van der Waals surface area (Å²) in [4.78, 5) is 22.8. The molecule has 0 bridgehead atoms. The average Bonchev–Trinajstić information content (AvgIpc) is 2.56. The first-order valence-corrected chi connectivity index (χ1v) is 9.07. The summed E-state index contributed by atoms with van der Waals surface area (Å²) in [7, 11) is 0. The summed E-state index contributed by atoms with van der Waals surface area (Å²) in [6.07, 6.45) is 1.97. The second kappa shape index (κ2) is 9.21. The molecule has 0 heterocycles. The van der Waals surface area contributed by atoms with Crippen LogP contribution in [0.2, 0.25) is 0 Å². The van der Waals surface area contributed by atoms with E-state index in [4.69, 9.17) is 9.47 Å². The van der Waals surface area contributed by atoms with Crippen molar-refractivity contribution in [1.82, 2.24) is 0 Å². The van der Waals surface area contributed by atoms with Crippen molar-refractivity contribution in [3.05, 3.63) is 54.1 Å². The molecule has 0 aliphatic heterocycles. The molecular formula is C22H27NO4. The number of anilines is 1. The van der Waals surface area contributed by atoms with E-state index in [-0.39, 0.29) is 11.9 Å². The third-order valence-corrected chi connectivity index (χ3v) is 3.60. The van der Waals surface area contributed by atoms with Gasteiger partial charge in [0.1, 0.15) is 17.1 Å². The van der Waals surface area contributed by atoms with Gasteiger partial charge in [-0.25, -0.2) is 0 Å². The molecule has 0 aromatic heterocycles. The maximum Gasteiger partial charge on any atom is 0.306 e. The molecule has 0 aliphatic rings. The molecule has 144 valence electrons. The number of hydrogen-bond acceptors (Lipinski definition) is 4. The van der Waals surface area contributed by atoms with Crippen LogP contribution in [0.5, 0.6) is 11.5 Å². The fraction of sp³-hybridized carbons (Fsp3) is 0.364. The first-order valence-electron chi connectivity index (χ1n) is 9.07. The topological polar surface area (TPSA) is 64.6 Å². The molecular weight excluding hydrogens is 342 g/mol. The molecule has 5 nitrogen and oxygen atoms in total. The Morgan fingerprint density at radius 1 is 0.926 bits per heavy atom. The number of benzene rings is 2. The van der Waals surface area contributed by atoms with Crippen LogP contribution in [0.25, 0.3) is 0 Å². The van der Waals surface area contributed by atoms with Gasteiger partial charge in [-0.3, -0.25) is 9.59 Å². The molecule has 2 rings (SSSR count). The molecule has 0 spiro atoms. The largest absolute Gasteiger partial charge is 0.460 e. The smallest absolute Gasteiger partial charge is 0.306 e. The van der Waals surface area contributed by atoms with Crippen LogP contribution in [-0.2, 0) is 20.7 Å². The zero-order chi connectivity index (χ0) is 19.9. The number of carbonyl (C=O) groups excluding carboxylic acids is 2. The lowest BCUT2D eigenvalue weighted by atomic mass is 10.1. The van der Waals surface area contributed by atoms with Crippen LogP contribution in [0, 0.1) is 0 Å². The molecule has 1 amide bonds. The number of carbonyl (C=O) groups is 2. The number of nitrogens with one attached hydrogen (secondary N) is 1. The van der Waals surface area contributed by atoms with Crippen LogP contribution in [0.15, 0.2) is 48.5 Å². The Kier molecular flexibility index (Phi) is 6.99. The van der Waals surface area contributed by atoms with Gasteiger partial charge in [0, 0.05) is 19.0 Å². The lowest BCUT2D eigenvalue weighted by Crippen LogP contribution is -2.23. The minimum atomic E-state index is -0.434. The van der Waals surface area contributed by atoms with Gasteiger partial charge in [0.2, 0.25) is 5.91 Å². The van der Waals surface area contributed by atoms with Gasteiger partial charge in [0.25, 0.3) is 0 Å².